The molecule has 21 heavy (non-hydrogen) atoms. The Labute approximate surface area is 126 Å². The monoisotopic (exact) mass is 309 g/mol. The lowest BCUT2D eigenvalue weighted by Gasteiger charge is -2.10. The van der Waals surface area contributed by atoms with E-state index in [9.17, 15) is 14.3 Å². The van der Waals surface area contributed by atoms with Crippen LogP contribution in [0.4, 0.5) is 10.1 Å². The summed E-state index contributed by atoms with van der Waals surface area (Å²) >= 11 is 5.80. The molecule has 0 saturated heterocycles. The van der Waals surface area contributed by atoms with E-state index in [2.05, 4.69) is 5.32 Å². The van der Waals surface area contributed by atoms with Crippen molar-refractivity contribution in [2.75, 3.05) is 11.9 Å². The molecule has 0 bridgehead atoms. The van der Waals surface area contributed by atoms with E-state index in [0.29, 0.717) is 22.0 Å². The Balaban J connectivity index is 1.95. The van der Waals surface area contributed by atoms with Crippen LogP contribution in [-0.4, -0.2) is 17.6 Å². The number of carbonyl (C=O) groups is 1. The number of rotatable bonds is 5. The summed E-state index contributed by atoms with van der Waals surface area (Å²) in [5.74, 6) is -0.496. The maximum atomic E-state index is 13.0. The van der Waals surface area contributed by atoms with Crippen LogP contribution in [0, 0.1) is 5.82 Å². The van der Waals surface area contributed by atoms with Gasteiger partial charge in [-0.2, -0.15) is 0 Å². The molecule has 4 nitrogen and oxygen atoms in total. The highest BCUT2D eigenvalue weighted by atomic mass is 35.5. The SMILES string of the molecule is O=C(COc1ccc(Cl)cc1CO)Nc1cccc(F)c1. The van der Waals surface area contributed by atoms with Crippen molar-refractivity contribution in [3.63, 3.8) is 0 Å². The first-order chi connectivity index (χ1) is 10.1. The van der Waals surface area contributed by atoms with Crippen molar-refractivity contribution in [2.24, 2.45) is 0 Å². The average Bonchev–Trinajstić information content (AvgIpc) is 2.45. The summed E-state index contributed by atoms with van der Waals surface area (Å²) in [7, 11) is 0. The van der Waals surface area contributed by atoms with Crippen LogP contribution in [-0.2, 0) is 11.4 Å². The van der Waals surface area contributed by atoms with Gasteiger partial charge in [0.15, 0.2) is 6.61 Å². The van der Waals surface area contributed by atoms with Crippen molar-refractivity contribution in [3.8, 4) is 5.75 Å². The van der Waals surface area contributed by atoms with E-state index in [-0.39, 0.29) is 13.2 Å². The van der Waals surface area contributed by atoms with Crippen molar-refractivity contribution in [1.82, 2.24) is 0 Å². The Morgan fingerprint density at radius 2 is 2.10 bits per heavy atom. The molecule has 0 aliphatic rings. The minimum Gasteiger partial charge on any atom is -0.483 e. The minimum atomic E-state index is -0.436. The second-order valence-electron chi connectivity index (χ2n) is 4.26. The molecular formula is C15H13ClFNO3. The number of hydrogen-bond donors (Lipinski definition) is 2. The molecule has 0 fully saturated rings. The van der Waals surface area contributed by atoms with Crippen molar-refractivity contribution >= 4 is 23.2 Å². The predicted molar refractivity (Wildman–Crippen MR) is 77.9 cm³/mol. The first kappa shape index (κ1) is 15.3. The maximum absolute atomic E-state index is 13.0. The Bertz CT molecular complexity index is 649. The van der Waals surface area contributed by atoms with Gasteiger partial charge in [0.05, 0.1) is 6.61 Å². The first-order valence-corrected chi connectivity index (χ1v) is 6.54. The standard InChI is InChI=1S/C15H13ClFNO3/c16-11-4-5-14(10(6-11)8-19)21-9-15(20)18-13-3-1-2-12(17)7-13/h1-7,19H,8-9H2,(H,18,20). The van der Waals surface area contributed by atoms with Gasteiger partial charge in [-0.1, -0.05) is 17.7 Å². The third kappa shape index (κ3) is 4.44. The number of amides is 1. The number of aliphatic hydroxyl groups is 1. The van der Waals surface area contributed by atoms with Crippen LogP contribution in [0.5, 0.6) is 5.75 Å². The highest BCUT2D eigenvalue weighted by molar-refractivity contribution is 6.30. The maximum Gasteiger partial charge on any atom is 0.262 e. The first-order valence-electron chi connectivity index (χ1n) is 6.16. The molecule has 0 radical (unpaired) electrons. The zero-order chi connectivity index (χ0) is 15.2. The number of aliphatic hydroxyl groups excluding tert-OH is 1. The molecule has 6 heteroatoms. The van der Waals surface area contributed by atoms with Crippen molar-refractivity contribution in [3.05, 3.63) is 58.9 Å². The second-order valence-corrected chi connectivity index (χ2v) is 4.69. The van der Waals surface area contributed by atoms with Crippen LogP contribution in [0.2, 0.25) is 5.02 Å². The van der Waals surface area contributed by atoms with Gasteiger partial charge in [0.25, 0.3) is 5.91 Å². The zero-order valence-electron chi connectivity index (χ0n) is 11.0. The van der Waals surface area contributed by atoms with Crippen LogP contribution in [0.1, 0.15) is 5.56 Å². The highest BCUT2D eigenvalue weighted by Gasteiger charge is 2.08. The number of nitrogens with one attached hydrogen (secondary N) is 1. The van der Waals surface area contributed by atoms with Gasteiger partial charge in [0.1, 0.15) is 11.6 Å². The Morgan fingerprint density at radius 3 is 2.81 bits per heavy atom. The fourth-order valence-corrected chi connectivity index (χ4v) is 1.91. The molecular weight excluding hydrogens is 297 g/mol. The molecule has 2 aromatic carbocycles. The summed E-state index contributed by atoms with van der Waals surface area (Å²) in [5.41, 5.74) is 0.836. The molecule has 2 N–H and O–H groups in total. The van der Waals surface area contributed by atoms with E-state index in [4.69, 9.17) is 16.3 Å². The van der Waals surface area contributed by atoms with E-state index in [1.54, 1.807) is 24.3 Å². The third-order valence-electron chi connectivity index (χ3n) is 2.66. The number of benzene rings is 2. The second kappa shape index (κ2) is 7.06. The quantitative estimate of drug-likeness (QED) is 0.892. The number of halogens is 2. The Morgan fingerprint density at radius 1 is 1.29 bits per heavy atom. The molecule has 0 unspecified atom stereocenters. The summed E-state index contributed by atoms with van der Waals surface area (Å²) in [6.45, 7) is -0.507. The fourth-order valence-electron chi connectivity index (χ4n) is 1.72. The fraction of sp³-hybridized carbons (Fsp3) is 0.133. The smallest absolute Gasteiger partial charge is 0.262 e. The van der Waals surface area contributed by atoms with Crippen molar-refractivity contribution in [1.29, 1.82) is 0 Å². The van der Waals surface area contributed by atoms with Crippen LogP contribution < -0.4 is 10.1 Å². The van der Waals surface area contributed by atoms with E-state index in [1.807, 2.05) is 0 Å². The van der Waals surface area contributed by atoms with Gasteiger partial charge in [-0.15, -0.1) is 0 Å². The van der Waals surface area contributed by atoms with Crippen LogP contribution in [0.25, 0.3) is 0 Å². The Kier molecular flexibility index (Phi) is 5.14. The molecule has 0 aromatic heterocycles. The molecule has 2 rings (SSSR count). The number of ether oxygens (including phenoxy) is 1. The van der Waals surface area contributed by atoms with E-state index >= 15 is 0 Å². The molecule has 0 saturated carbocycles. The van der Waals surface area contributed by atoms with Gasteiger partial charge in [0.2, 0.25) is 0 Å². The zero-order valence-corrected chi connectivity index (χ0v) is 11.7. The topological polar surface area (TPSA) is 58.6 Å². The van der Waals surface area contributed by atoms with E-state index in [1.165, 1.54) is 18.2 Å². The van der Waals surface area contributed by atoms with Gasteiger partial charge >= 0.3 is 0 Å². The molecule has 0 spiro atoms. The van der Waals surface area contributed by atoms with Gasteiger partial charge in [0, 0.05) is 16.3 Å². The lowest BCUT2D eigenvalue weighted by Crippen LogP contribution is -2.20. The highest BCUT2D eigenvalue weighted by Crippen LogP contribution is 2.22. The van der Waals surface area contributed by atoms with Gasteiger partial charge in [-0.05, 0) is 36.4 Å². The summed E-state index contributed by atoms with van der Waals surface area (Å²) in [6, 6.07) is 10.3. The lowest BCUT2D eigenvalue weighted by molar-refractivity contribution is -0.118. The molecule has 0 heterocycles. The van der Waals surface area contributed by atoms with E-state index < -0.39 is 11.7 Å². The summed E-state index contributed by atoms with van der Waals surface area (Å²) < 4.78 is 18.3. The predicted octanol–water partition coefficient (Wildman–Crippen LogP) is 2.99. The van der Waals surface area contributed by atoms with Gasteiger partial charge in [-0.3, -0.25) is 4.79 Å². The normalized spacial score (nSPS) is 10.2. The minimum absolute atomic E-state index is 0.249. The molecule has 0 atom stereocenters. The average molecular weight is 310 g/mol. The number of hydrogen-bond acceptors (Lipinski definition) is 3. The molecule has 0 aliphatic heterocycles. The number of anilines is 1. The van der Waals surface area contributed by atoms with Crippen LogP contribution in [0.3, 0.4) is 0 Å². The van der Waals surface area contributed by atoms with Crippen molar-refractivity contribution < 1.29 is 19.0 Å². The van der Waals surface area contributed by atoms with Crippen molar-refractivity contribution in [2.45, 2.75) is 6.61 Å². The van der Waals surface area contributed by atoms with Gasteiger partial charge < -0.3 is 15.2 Å². The Hall–Kier alpha value is -2.11. The molecule has 1 amide bonds. The largest absolute Gasteiger partial charge is 0.483 e. The van der Waals surface area contributed by atoms with E-state index in [0.717, 1.165) is 0 Å². The lowest BCUT2D eigenvalue weighted by atomic mass is 10.2. The van der Waals surface area contributed by atoms with Crippen LogP contribution >= 0.6 is 11.6 Å². The number of carbonyl (C=O) groups excluding carboxylic acids is 1. The molecule has 2 aromatic rings. The molecule has 0 aliphatic carbocycles. The van der Waals surface area contributed by atoms with Crippen LogP contribution in [0.15, 0.2) is 42.5 Å². The molecule has 110 valence electrons. The summed E-state index contributed by atoms with van der Waals surface area (Å²) in [5, 5.41) is 12.2. The summed E-state index contributed by atoms with van der Waals surface area (Å²) in [4.78, 5) is 11.7. The summed E-state index contributed by atoms with van der Waals surface area (Å²) in [6.07, 6.45) is 0. The van der Waals surface area contributed by atoms with Gasteiger partial charge in [-0.25, -0.2) is 4.39 Å². The third-order valence-corrected chi connectivity index (χ3v) is 2.90.